The molecule has 23 heavy (non-hydrogen) atoms. The zero-order valence-corrected chi connectivity index (χ0v) is 12.8. The third-order valence-electron chi connectivity index (χ3n) is 4.52. The van der Waals surface area contributed by atoms with Gasteiger partial charge in [-0.25, -0.2) is 4.98 Å². The van der Waals surface area contributed by atoms with Gasteiger partial charge in [0.25, 0.3) is 5.91 Å². The Morgan fingerprint density at radius 2 is 2.00 bits per heavy atom. The van der Waals surface area contributed by atoms with Crippen LogP contribution in [0.2, 0.25) is 0 Å². The lowest BCUT2D eigenvalue weighted by Crippen LogP contribution is -2.39. The Hall–Kier alpha value is -2.69. The van der Waals surface area contributed by atoms with E-state index >= 15 is 0 Å². The number of imidazole rings is 1. The summed E-state index contributed by atoms with van der Waals surface area (Å²) in [5.74, 6) is 0.493. The summed E-state index contributed by atoms with van der Waals surface area (Å²) in [4.78, 5) is 23.1. The Balaban J connectivity index is 1.55. The average molecular weight is 306 g/mol. The van der Waals surface area contributed by atoms with Crippen LogP contribution in [0.5, 0.6) is 0 Å². The summed E-state index contributed by atoms with van der Waals surface area (Å²) in [6.45, 7) is 1.59. The molecular formula is C18H18N4O. The molecule has 3 aromatic heterocycles. The minimum Gasteiger partial charge on any atom is -0.338 e. The third-order valence-corrected chi connectivity index (χ3v) is 4.52. The quantitative estimate of drug-likeness (QED) is 0.731. The lowest BCUT2D eigenvalue weighted by Gasteiger charge is -2.33. The van der Waals surface area contributed by atoms with Crippen molar-refractivity contribution >= 4 is 11.6 Å². The third kappa shape index (κ3) is 2.70. The van der Waals surface area contributed by atoms with E-state index in [1.165, 1.54) is 5.56 Å². The average Bonchev–Trinajstić information content (AvgIpc) is 3.09. The number of fused-ring (bicyclic) bond motifs is 1. The first kappa shape index (κ1) is 13.9. The van der Waals surface area contributed by atoms with Crippen molar-refractivity contribution in [3.05, 3.63) is 66.4 Å². The lowest BCUT2D eigenvalue weighted by atomic mass is 9.91. The maximum Gasteiger partial charge on any atom is 0.255 e. The molecule has 116 valence electrons. The molecule has 1 unspecified atom stereocenters. The smallest absolute Gasteiger partial charge is 0.255 e. The zero-order chi connectivity index (χ0) is 15.6. The van der Waals surface area contributed by atoms with E-state index in [2.05, 4.69) is 22.1 Å². The van der Waals surface area contributed by atoms with Gasteiger partial charge in [-0.2, -0.15) is 0 Å². The highest BCUT2D eigenvalue weighted by Crippen LogP contribution is 2.27. The van der Waals surface area contributed by atoms with Crippen molar-refractivity contribution in [1.82, 2.24) is 19.3 Å². The summed E-state index contributed by atoms with van der Waals surface area (Å²) in [5.41, 5.74) is 2.84. The predicted octanol–water partition coefficient (Wildman–Crippen LogP) is 2.75. The molecule has 0 N–H and O–H groups in total. The molecule has 0 aromatic carbocycles. The Bertz CT molecular complexity index is 827. The van der Waals surface area contributed by atoms with Crippen LogP contribution in [0.3, 0.4) is 0 Å². The molecule has 4 heterocycles. The molecular weight excluding hydrogens is 288 g/mol. The lowest BCUT2D eigenvalue weighted by molar-refractivity contribution is 0.0706. The van der Waals surface area contributed by atoms with Gasteiger partial charge in [-0.3, -0.25) is 9.78 Å². The van der Waals surface area contributed by atoms with Gasteiger partial charge in [0.15, 0.2) is 0 Å². The number of carbonyl (C=O) groups is 1. The zero-order valence-electron chi connectivity index (χ0n) is 12.8. The number of amides is 1. The molecule has 1 saturated heterocycles. The van der Waals surface area contributed by atoms with Crippen LogP contribution in [-0.2, 0) is 0 Å². The van der Waals surface area contributed by atoms with Crippen LogP contribution in [0.25, 0.3) is 5.65 Å². The van der Waals surface area contributed by atoms with E-state index in [9.17, 15) is 4.79 Å². The number of hydrogen-bond acceptors (Lipinski definition) is 3. The van der Waals surface area contributed by atoms with Crippen molar-refractivity contribution in [3.8, 4) is 0 Å². The first-order valence-corrected chi connectivity index (χ1v) is 7.93. The van der Waals surface area contributed by atoms with Gasteiger partial charge in [0.1, 0.15) is 5.65 Å². The SMILES string of the molecule is O=C(c1ccc2nccn2c1)N1CCCC(c2ccncc2)C1. The molecule has 1 aliphatic heterocycles. The largest absolute Gasteiger partial charge is 0.338 e. The molecule has 0 bridgehead atoms. The second-order valence-electron chi connectivity index (χ2n) is 5.98. The number of piperidine rings is 1. The summed E-state index contributed by atoms with van der Waals surface area (Å²) in [5, 5.41) is 0. The maximum atomic E-state index is 12.8. The van der Waals surface area contributed by atoms with Crippen LogP contribution in [0.1, 0.15) is 34.7 Å². The van der Waals surface area contributed by atoms with E-state index < -0.39 is 0 Å². The second kappa shape index (κ2) is 5.83. The van der Waals surface area contributed by atoms with E-state index in [-0.39, 0.29) is 5.91 Å². The van der Waals surface area contributed by atoms with Crippen molar-refractivity contribution in [2.24, 2.45) is 0 Å². The Labute approximate surface area is 134 Å². The van der Waals surface area contributed by atoms with Gasteiger partial charge in [-0.15, -0.1) is 0 Å². The highest BCUT2D eigenvalue weighted by Gasteiger charge is 2.25. The van der Waals surface area contributed by atoms with Crippen LogP contribution in [-0.4, -0.2) is 38.3 Å². The number of nitrogens with zero attached hydrogens (tertiary/aromatic N) is 4. The fraction of sp³-hybridized carbons (Fsp3) is 0.278. The van der Waals surface area contributed by atoms with Crippen LogP contribution in [0.4, 0.5) is 0 Å². The van der Waals surface area contributed by atoms with E-state index in [0.717, 1.165) is 31.6 Å². The van der Waals surface area contributed by atoms with E-state index in [0.29, 0.717) is 11.5 Å². The molecule has 1 amide bonds. The van der Waals surface area contributed by atoms with Gasteiger partial charge in [0.2, 0.25) is 0 Å². The maximum absolute atomic E-state index is 12.8. The molecule has 3 aromatic rings. The topological polar surface area (TPSA) is 50.5 Å². The Morgan fingerprint density at radius 1 is 1.13 bits per heavy atom. The molecule has 0 spiro atoms. The van der Waals surface area contributed by atoms with Gasteiger partial charge in [0.05, 0.1) is 5.56 Å². The molecule has 5 nitrogen and oxygen atoms in total. The van der Waals surface area contributed by atoms with Crippen molar-refractivity contribution in [1.29, 1.82) is 0 Å². The van der Waals surface area contributed by atoms with Crippen molar-refractivity contribution in [3.63, 3.8) is 0 Å². The van der Waals surface area contributed by atoms with Gasteiger partial charge < -0.3 is 9.30 Å². The summed E-state index contributed by atoms with van der Waals surface area (Å²) in [6.07, 6.45) is 11.3. The standard InChI is InChI=1S/C18H18N4O/c23-18(16-3-4-17-20-9-11-21(17)13-16)22-10-1-2-15(12-22)14-5-7-19-8-6-14/h3-9,11,13,15H,1-2,10,12H2. The number of hydrogen-bond donors (Lipinski definition) is 0. The first-order valence-electron chi connectivity index (χ1n) is 7.93. The minimum atomic E-state index is 0.0966. The summed E-state index contributed by atoms with van der Waals surface area (Å²) >= 11 is 0. The van der Waals surface area contributed by atoms with Gasteiger partial charge in [-0.1, -0.05) is 0 Å². The number of aromatic nitrogens is 3. The molecule has 4 rings (SSSR count). The highest BCUT2D eigenvalue weighted by atomic mass is 16.2. The van der Waals surface area contributed by atoms with Crippen molar-refractivity contribution in [2.75, 3.05) is 13.1 Å². The van der Waals surface area contributed by atoms with Crippen molar-refractivity contribution in [2.45, 2.75) is 18.8 Å². The summed E-state index contributed by atoms with van der Waals surface area (Å²) in [7, 11) is 0. The molecule has 0 aliphatic carbocycles. The Morgan fingerprint density at radius 3 is 2.87 bits per heavy atom. The van der Waals surface area contributed by atoms with E-state index in [1.807, 2.05) is 46.2 Å². The van der Waals surface area contributed by atoms with Crippen LogP contribution in [0.15, 0.2) is 55.2 Å². The summed E-state index contributed by atoms with van der Waals surface area (Å²) in [6, 6.07) is 7.85. The molecule has 5 heteroatoms. The van der Waals surface area contributed by atoms with Crippen LogP contribution >= 0.6 is 0 Å². The van der Waals surface area contributed by atoms with Crippen molar-refractivity contribution < 1.29 is 4.79 Å². The normalized spacial score (nSPS) is 18.3. The fourth-order valence-electron chi connectivity index (χ4n) is 3.30. The van der Waals surface area contributed by atoms with E-state index in [4.69, 9.17) is 0 Å². The Kier molecular flexibility index (Phi) is 3.54. The molecule has 1 fully saturated rings. The van der Waals surface area contributed by atoms with Gasteiger partial charge in [0, 0.05) is 50.0 Å². The number of carbonyl (C=O) groups excluding carboxylic acids is 1. The van der Waals surface area contributed by atoms with Gasteiger partial charge in [-0.05, 0) is 42.7 Å². The molecule has 1 atom stereocenters. The van der Waals surface area contributed by atoms with E-state index in [1.54, 1.807) is 6.20 Å². The second-order valence-corrected chi connectivity index (χ2v) is 5.98. The summed E-state index contributed by atoms with van der Waals surface area (Å²) < 4.78 is 1.89. The predicted molar refractivity (Wildman–Crippen MR) is 87.3 cm³/mol. The number of rotatable bonds is 2. The monoisotopic (exact) mass is 306 g/mol. The van der Waals surface area contributed by atoms with Crippen LogP contribution in [0, 0.1) is 0 Å². The molecule has 1 aliphatic rings. The number of pyridine rings is 2. The minimum absolute atomic E-state index is 0.0966. The molecule has 0 saturated carbocycles. The van der Waals surface area contributed by atoms with Gasteiger partial charge >= 0.3 is 0 Å². The molecule has 0 radical (unpaired) electrons. The fourth-order valence-corrected chi connectivity index (χ4v) is 3.30. The number of likely N-dealkylation sites (tertiary alicyclic amines) is 1. The van der Waals surface area contributed by atoms with Crippen LogP contribution < -0.4 is 0 Å². The first-order chi connectivity index (χ1) is 11.3. The highest BCUT2D eigenvalue weighted by molar-refractivity contribution is 5.94.